The summed E-state index contributed by atoms with van der Waals surface area (Å²) in [6.45, 7) is 8.86. The van der Waals surface area contributed by atoms with Gasteiger partial charge in [0, 0.05) is 45.8 Å². The molecule has 3 aromatic rings. The molecule has 42 heavy (non-hydrogen) atoms. The van der Waals surface area contributed by atoms with Crippen molar-refractivity contribution in [1.29, 1.82) is 0 Å². The predicted molar refractivity (Wildman–Crippen MR) is 164 cm³/mol. The lowest BCUT2D eigenvalue weighted by Gasteiger charge is -2.22. The van der Waals surface area contributed by atoms with Crippen molar-refractivity contribution in [2.75, 3.05) is 23.0 Å². The van der Waals surface area contributed by atoms with Crippen molar-refractivity contribution >= 4 is 46.4 Å². The standard InChI is InChI=1S/C30H36ClN5O6/c1-17(2)41-25-14-21(32)12-19(27(25)40-16-26(37)42-30(3,4)5)15-34-24-11-8-20(31)13-23(24)29(38)35-22-9-6-18(7-10-22)28(33)36-39/h6-14,17,34,39H,15-16,32H2,1-5H3,(H2,33,36)(H,35,38). The molecule has 3 rings (SSSR count). The third-order valence-corrected chi connectivity index (χ3v) is 5.75. The van der Waals surface area contributed by atoms with Crippen LogP contribution in [0, 0.1) is 0 Å². The van der Waals surface area contributed by atoms with Crippen LogP contribution < -0.4 is 31.6 Å². The molecule has 224 valence electrons. The Morgan fingerprint density at radius 2 is 1.76 bits per heavy atom. The van der Waals surface area contributed by atoms with Gasteiger partial charge in [-0.05, 0) is 83.1 Å². The summed E-state index contributed by atoms with van der Waals surface area (Å²) in [7, 11) is 0. The first-order chi connectivity index (χ1) is 19.8. The Morgan fingerprint density at radius 3 is 2.38 bits per heavy atom. The molecule has 0 fully saturated rings. The fourth-order valence-corrected chi connectivity index (χ4v) is 4.02. The molecular formula is C30H36ClN5O6. The van der Waals surface area contributed by atoms with Crippen LogP contribution in [0.2, 0.25) is 5.02 Å². The van der Waals surface area contributed by atoms with E-state index in [9.17, 15) is 9.59 Å². The van der Waals surface area contributed by atoms with Gasteiger partial charge in [0.2, 0.25) is 0 Å². The molecule has 1 amide bonds. The van der Waals surface area contributed by atoms with Gasteiger partial charge in [0.15, 0.2) is 23.9 Å². The maximum atomic E-state index is 13.2. The van der Waals surface area contributed by atoms with Crippen molar-refractivity contribution in [3.05, 3.63) is 76.3 Å². The topological polar surface area (TPSA) is 171 Å². The molecule has 0 aliphatic rings. The first-order valence-corrected chi connectivity index (χ1v) is 13.5. The first-order valence-electron chi connectivity index (χ1n) is 13.1. The second-order valence-electron chi connectivity index (χ2n) is 10.6. The van der Waals surface area contributed by atoms with Crippen molar-refractivity contribution in [3.63, 3.8) is 0 Å². The van der Waals surface area contributed by atoms with Gasteiger partial charge in [0.1, 0.15) is 5.60 Å². The van der Waals surface area contributed by atoms with Crippen LogP contribution in [0.15, 0.2) is 59.8 Å². The number of rotatable bonds is 11. The number of anilines is 3. The molecule has 0 bridgehead atoms. The Hall–Kier alpha value is -4.64. The van der Waals surface area contributed by atoms with Crippen LogP contribution in [0.1, 0.15) is 56.1 Å². The number of nitrogens with zero attached hydrogens (tertiary/aromatic N) is 1. The van der Waals surface area contributed by atoms with E-state index >= 15 is 0 Å². The molecule has 0 unspecified atom stereocenters. The van der Waals surface area contributed by atoms with E-state index in [0.717, 1.165) is 0 Å². The second-order valence-corrected chi connectivity index (χ2v) is 11.0. The lowest BCUT2D eigenvalue weighted by molar-refractivity contribution is -0.157. The zero-order valence-electron chi connectivity index (χ0n) is 24.2. The van der Waals surface area contributed by atoms with E-state index in [-0.39, 0.29) is 30.7 Å². The maximum Gasteiger partial charge on any atom is 0.344 e. The quantitative estimate of drug-likeness (QED) is 0.0485. The van der Waals surface area contributed by atoms with Crippen LogP contribution in [0.4, 0.5) is 17.1 Å². The normalized spacial score (nSPS) is 11.6. The van der Waals surface area contributed by atoms with E-state index in [2.05, 4.69) is 15.8 Å². The Morgan fingerprint density at radius 1 is 1.07 bits per heavy atom. The largest absolute Gasteiger partial charge is 0.487 e. The molecule has 0 saturated carbocycles. The highest BCUT2D eigenvalue weighted by Gasteiger charge is 2.21. The van der Waals surface area contributed by atoms with Crippen LogP contribution in [-0.2, 0) is 16.1 Å². The summed E-state index contributed by atoms with van der Waals surface area (Å²) in [5.41, 5.74) is 13.9. The lowest BCUT2D eigenvalue weighted by atomic mass is 10.1. The Balaban J connectivity index is 1.86. The van der Waals surface area contributed by atoms with E-state index in [1.807, 2.05) is 13.8 Å². The summed E-state index contributed by atoms with van der Waals surface area (Å²) in [6.07, 6.45) is -0.190. The smallest absolute Gasteiger partial charge is 0.344 e. The average Bonchev–Trinajstić information content (AvgIpc) is 2.90. The SMILES string of the molecule is CC(C)Oc1cc(N)cc(CNc2ccc(Cl)cc2C(=O)Nc2ccc(C(N)=NO)cc2)c1OCC(=O)OC(C)(C)C. The molecule has 0 spiro atoms. The number of esters is 1. The molecule has 12 heteroatoms. The van der Waals surface area contributed by atoms with Gasteiger partial charge in [-0.3, -0.25) is 4.79 Å². The number of nitrogens with two attached hydrogens (primary N) is 2. The number of benzene rings is 3. The zero-order valence-corrected chi connectivity index (χ0v) is 24.9. The van der Waals surface area contributed by atoms with Gasteiger partial charge in [-0.2, -0.15) is 0 Å². The van der Waals surface area contributed by atoms with Gasteiger partial charge in [0.05, 0.1) is 11.7 Å². The number of nitrogen functional groups attached to an aromatic ring is 1. The number of ether oxygens (including phenoxy) is 3. The third-order valence-electron chi connectivity index (χ3n) is 5.51. The van der Waals surface area contributed by atoms with E-state index < -0.39 is 17.5 Å². The summed E-state index contributed by atoms with van der Waals surface area (Å²) in [6, 6.07) is 14.7. The van der Waals surface area contributed by atoms with Crippen LogP contribution in [0.3, 0.4) is 0 Å². The molecule has 0 radical (unpaired) electrons. The highest BCUT2D eigenvalue weighted by molar-refractivity contribution is 6.31. The minimum atomic E-state index is -0.669. The van der Waals surface area contributed by atoms with E-state index in [1.165, 1.54) is 6.07 Å². The summed E-state index contributed by atoms with van der Waals surface area (Å²) in [5.74, 6) is -0.317. The molecule has 7 N–H and O–H groups in total. The summed E-state index contributed by atoms with van der Waals surface area (Å²) in [4.78, 5) is 25.6. The molecule has 3 aromatic carbocycles. The molecule has 11 nitrogen and oxygen atoms in total. The number of hydrogen-bond acceptors (Lipinski definition) is 9. The number of amidine groups is 1. The van der Waals surface area contributed by atoms with Gasteiger partial charge in [-0.25, -0.2) is 4.79 Å². The maximum absolute atomic E-state index is 13.2. The number of hydrogen-bond donors (Lipinski definition) is 5. The van der Waals surface area contributed by atoms with Crippen LogP contribution in [-0.4, -0.2) is 41.2 Å². The molecule has 0 heterocycles. The van der Waals surface area contributed by atoms with Crippen molar-refractivity contribution < 1.29 is 29.0 Å². The molecule has 0 atom stereocenters. The van der Waals surface area contributed by atoms with Crippen molar-refractivity contribution in [3.8, 4) is 11.5 Å². The number of halogens is 1. The number of nitrogens with one attached hydrogen (secondary N) is 2. The predicted octanol–water partition coefficient (Wildman–Crippen LogP) is 5.39. The highest BCUT2D eigenvalue weighted by atomic mass is 35.5. The zero-order chi connectivity index (χ0) is 31.0. The second kappa shape index (κ2) is 13.8. The summed E-state index contributed by atoms with van der Waals surface area (Å²) >= 11 is 6.23. The molecule has 0 saturated heterocycles. The average molecular weight is 598 g/mol. The molecule has 0 aliphatic carbocycles. The Labute approximate surface area is 249 Å². The summed E-state index contributed by atoms with van der Waals surface area (Å²) in [5, 5.41) is 18.2. The van der Waals surface area contributed by atoms with E-state index in [1.54, 1.807) is 69.3 Å². The van der Waals surface area contributed by atoms with Crippen LogP contribution in [0.25, 0.3) is 0 Å². The van der Waals surface area contributed by atoms with Crippen molar-refractivity contribution in [2.24, 2.45) is 10.9 Å². The highest BCUT2D eigenvalue weighted by Crippen LogP contribution is 2.36. The summed E-state index contributed by atoms with van der Waals surface area (Å²) < 4.78 is 17.2. The number of carbonyl (C=O) groups is 2. The van der Waals surface area contributed by atoms with Crippen molar-refractivity contribution in [1.82, 2.24) is 0 Å². The van der Waals surface area contributed by atoms with Gasteiger partial charge >= 0.3 is 5.97 Å². The number of amides is 1. The Kier molecular flexibility index (Phi) is 10.5. The van der Waals surface area contributed by atoms with Crippen molar-refractivity contribution in [2.45, 2.75) is 52.9 Å². The number of carbonyl (C=O) groups excluding carboxylic acids is 2. The molecular weight excluding hydrogens is 562 g/mol. The molecule has 0 aliphatic heterocycles. The fraction of sp³-hybridized carbons (Fsp3) is 0.300. The Bertz CT molecular complexity index is 1450. The monoisotopic (exact) mass is 597 g/mol. The van der Waals surface area contributed by atoms with Crippen LogP contribution >= 0.6 is 11.6 Å². The van der Waals surface area contributed by atoms with Gasteiger partial charge in [-0.1, -0.05) is 16.8 Å². The fourth-order valence-electron chi connectivity index (χ4n) is 3.85. The minimum absolute atomic E-state index is 0.0489. The van der Waals surface area contributed by atoms with Gasteiger partial charge in [0.25, 0.3) is 5.91 Å². The minimum Gasteiger partial charge on any atom is -0.487 e. The number of oxime groups is 1. The van der Waals surface area contributed by atoms with E-state index in [0.29, 0.717) is 44.7 Å². The molecule has 0 aromatic heterocycles. The van der Waals surface area contributed by atoms with E-state index in [4.69, 9.17) is 42.5 Å². The van der Waals surface area contributed by atoms with Gasteiger partial charge in [-0.15, -0.1) is 0 Å². The third kappa shape index (κ3) is 9.20. The van der Waals surface area contributed by atoms with Crippen LogP contribution in [0.5, 0.6) is 11.5 Å². The lowest BCUT2D eigenvalue weighted by Crippen LogP contribution is -2.27. The first kappa shape index (κ1) is 31.9. The van der Waals surface area contributed by atoms with Gasteiger partial charge < -0.3 is 41.5 Å².